The summed E-state index contributed by atoms with van der Waals surface area (Å²) in [6.07, 6.45) is 6.72. The Morgan fingerprint density at radius 3 is 2.76 bits per heavy atom. The van der Waals surface area contributed by atoms with Crippen LogP contribution < -0.4 is 5.73 Å². The summed E-state index contributed by atoms with van der Waals surface area (Å²) in [4.78, 5) is 0. The summed E-state index contributed by atoms with van der Waals surface area (Å²) >= 11 is 0. The van der Waals surface area contributed by atoms with Gasteiger partial charge in [0.05, 0.1) is 12.7 Å². The first-order chi connectivity index (χ1) is 8.25. The van der Waals surface area contributed by atoms with Crippen molar-refractivity contribution in [1.29, 1.82) is 5.41 Å². The lowest BCUT2D eigenvalue weighted by atomic mass is 9.98. The molecule has 3 nitrogen and oxygen atoms in total. The Morgan fingerprint density at radius 1 is 1.29 bits per heavy atom. The molecule has 3 N–H and O–H groups in total. The molecule has 0 atom stereocenters. The first-order valence-electron chi connectivity index (χ1n) is 6.30. The van der Waals surface area contributed by atoms with Gasteiger partial charge in [0.15, 0.2) is 0 Å². The van der Waals surface area contributed by atoms with Gasteiger partial charge >= 0.3 is 0 Å². The van der Waals surface area contributed by atoms with Crippen LogP contribution in [0, 0.1) is 5.41 Å². The number of nitrogen functional groups attached to an aromatic ring is 1. The van der Waals surface area contributed by atoms with Crippen molar-refractivity contribution in [3.05, 3.63) is 35.4 Å². The Hall–Kier alpha value is -1.35. The van der Waals surface area contributed by atoms with Gasteiger partial charge in [-0.2, -0.15) is 0 Å². The van der Waals surface area contributed by atoms with Gasteiger partial charge < -0.3 is 10.5 Å². The van der Waals surface area contributed by atoms with Gasteiger partial charge in [-0.1, -0.05) is 37.5 Å². The third-order valence-electron chi connectivity index (χ3n) is 3.28. The minimum absolute atomic E-state index is 0.115. The third-order valence-corrected chi connectivity index (χ3v) is 3.28. The number of nitrogens with two attached hydrogens (primary N) is 1. The lowest BCUT2D eigenvalue weighted by Crippen LogP contribution is -2.16. The van der Waals surface area contributed by atoms with E-state index in [1.165, 1.54) is 32.1 Å². The number of hydrogen-bond acceptors (Lipinski definition) is 2. The molecule has 17 heavy (non-hydrogen) atoms. The Bertz CT molecular complexity index is 384. The molecule has 0 heterocycles. The number of nitrogens with one attached hydrogen (secondary N) is 1. The highest BCUT2D eigenvalue weighted by Crippen LogP contribution is 2.21. The van der Waals surface area contributed by atoms with E-state index < -0.39 is 0 Å². The molecular weight excluding hydrogens is 212 g/mol. The van der Waals surface area contributed by atoms with Gasteiger partial charge in [-0.3, -0.25) is 5.41 Å². The van der Waals surface area contributed by atoms with Crippen molar-refractivity contribution in [2.75, 3.05) is 0 Å². The minimum Gasteiger partial charge on any atom is -0.384 e. The molecular formula is C14H20N2O. The van der Waals surface area contributed by atoms with E-state index in [2.05, 4.69) is 0 Å². The summed E-state index contributed by atoms with van der Waals surface area (Å²) in [5.41, 5.74) is 7.34. The maximum atomic E-state index is 7.40. The summed E-state index contributed by atoms with van der Waals surface area (Å²) in [5, 5.41) is 7.40. The van der Waals surface area contributed by atoms with Crippen LogP contribution in [0.15, 0.2) is 24.3 Å². The van der Waals surface area contributed by atoms with Crippen LogP contribution in [0.2, 0.25) is 0 Å². The molecule has 0 spiro atoms. The molecule has 0 aliphatic heterocycles. The van der Waals surface area contributed by atoms with Gasteiger partial charge in [0.25, 0.3) is 0 Å². The Morgan fingerprint density at radius 2 is 2.06 bits per heavy atom. The number of rotatable bonds is 4. The maximum Gasteiger partial charge on any atom is 0.122 e. The van der Waals surface area contributed by atoms with Crippen LogP contribution in [0.1, 0.15) is 43.2 Å². The zero-order chi connectivity index (χ0) is 12.1. The second kappa shape index (κ2) is 5.82. The molecule has 1 aromatic rings. The standard InChI is InChI=1S/C14H20N2O/c15-14(16)12-6-4-5-11(9-12)10-17-13-7-2-1-3-8-13/h4-6,9,13H,1-3,7-8,10H2,(H3,15,16). The van der Waals surface area contributed by atoms with Crippen molar-refractivity contribution < 1.29 is 4.74 Å². The van der Waals surface area contributed by atoms with E-state index in [0.29, 0.717) is 12.7 Å². The first kappa shape index (κ1) is 12.1. The zero-order valence-electron chi connectivity index (χ0n) is 10.1. The number of benzene rings is 1. The normalized spacial score (nSPS) is 16.9. The van der Waals surface area contributed by atoms with E-state index in [1.54, 1.807) is 0 Å². The monoisotopic (exact) mass is 232 g/mol. The zero-order valence-corrected chi connectivity index (χ0v) is 10.1. The van der Waals surface area contributed by atoms with Gasteiger partial charge in [-0.25, -0.2) is 0 Å². The Labute approximate surface area is 102 Å². The Kier molecular flexibility index (Phi) is 4.15. The average Bonchev–Trinajstić information content (AvgIpc) is 2.38. The van der Waals surface area contributed by atoms with Crippen LogP contribution in [-0.4, -0.2) is 11.9 Å². The highest BCUT2D eigenvalue weighted by atomic mass is 16.5. The van der Waals surface area contributed by atoms with Crippen molar-refractivity contribution in [3.63, 3.8) is 0 Å². The summed E-state index contributed by atoms with van der Waals surface area (Å²) in [6, 6.07) is 7.74. The van der Waals surface area contributed by atoms with Gasteiger partial charge in [0.1, 0.15) is 5.84 Å². The second-order valence-electron chi connectivity index (χ2n) is 4.69. The average molecular weight is 232 g/mol. The van der Waals surface area contributed by atoms with Crippen molar-refractivity contribution >= 4 is 5.84 Å². The summed E-state index contributed by atoms with van der Waals surface area (Å²) in [7, 11) is 0. The molecule has 0 bridgehead atoms. The molecule has 0 radical (unpaired) electrons. The molecule has 1 aliphatic rings. The summed E-state index contributed by atoms with van der Waals surface area (Å²) in [5.74, 6) is 0.115. The highest BCUT2D eigenvalue weighted by molar-refractivity contribution is 5.95. The number of hydrogen-bond donors (Lipinski definition) is 2. The molecule has 1 saturated carbocycles. The molecule has 2 rings (SSSR count). The second-order valence-corrected chi connectivity index (χ2v) is 4.69. The fourth-order valence-electron chi connectivity index (χ4n) is 2.27. The fraction of sp³-hybridized carbons (Fsp3) is 0.500. The quantitative estimate of drug-likeness (QED) is 0.619. The molecule has 1 aromatic carbocycles. The molecule has 1 aliphatic carbocycles. The van der Waals surface area contributed by atoms with Crippen LogP contribution in [0.3, 0.4) is 0 Å². The van der Waals surface area contributed by atoms with Crippen molar-refractivity contribution in [2.45, 2.75) is 44.8 Å². The van der Waals surface area contributed by atoms with Crippen LogP contribution in [0.5, 0.6) is 0 Å². The van der Waals surface area contributed by atoms with Crippen molar-refractivity contribution in [2.24, 2.45) is 5.73 Å². The predicted molar refractivity (Wildman–Crippen MR) is 69.1 cm³/mol. The molecule has 0 saturated heterocycles. The van der Waals surface area contributed by atoms with E-state index in [9.17, 15) is 0 Å². The molecule has 92 valence electrons. The van der Waals surface area contributed by atoms with E-state index in [1.807, 2.05) is 24.3 Å². The van der Waals surface area contributed by atoms with Gasteiger partial charge in [0, 0.05) is 5.56 Å². The molecule has 3 heteroatoms. The molecule has 0 unspecified atom stereocenters. The molecule has 0 aromatic heterocycles. The molecule has 0 amide bonds. The number of amidine groups is 1. The fourth-order valence-corrected chi connectivity index (χ4v) is 2.27. The number of ether oxygens (including phenoxy) is 1. The maximum absolute atomic E-state index is 7.40. The van der Waals surface area contributed by atoms with Crippen LogP contribution >= 0.6 is 0 Å². The third kappa shape index (κ3) is 3.56. The van der Waals surface area contributed by atoms with Gasteiger partial charge in [-0.15, -0.1) is 0 Å². The van der Waals surface area contributed by atoms with E-state index in [4.69, 9.17) is 15.9 Å². The van der Waals surface area contributed by atoms with E-state index in [-0.39, 0.29) is 5.84 Å². The minimum atomic E-state index is 0.115. The van der Waals surface area contributed by atoms with Crippen LogP contribution in [0.25, 0.3) is 0 Å². The van der Waals surface area contributed by atoms with Crippen LogP contribution in [-0.2, 0) is 11.3 Å². The molecule has 1 fully saturated rings. The SMILES string of the molecule is N=C(N)c1cccc(COC2CCCCC2)c1. The van der Waals surface area contributed by atoms with E-state index >= 15 is 0 Å². The Balaban J connectivity index is 1.89. The summed E-state index contributed by atoms with van der Waals surface area (Å²) in [6.45, 7) is 0.631. The first-order valence-corrected chi connectivity index (χ1v) is 6.30. The van der Waals surface area contributed by atoms with Crippen molar-refractivity contribution in [3.8, 4) is 0 Å². The van der Waals surface area contributed by atoms with Gasteiger partial charge in [0.2, 0.25) is 0 Å². The largest absolute Gasteiger partial charge is 0.384 e. The smallest absolute Gasteiger partial charge is 0.122 e. The van der Waals surface area contributed by atoms with E-state index in [0.717, 1.165) is 11.1 Å². The topological polar surface area (TPSA) is 59.1 Å². The lowest BCUT2D eigenvalue weighted by Gasteiger charge is -2.22. The predicted octanol–water partition coefficient (Wildman–Crippen LogP) is 2.82. The van der Waals surface area contributed by atoms with Gasteiger partial charge in [-0.05, 0) is 24.5 Å². The summed E-state index contributed by atoms with van der Waals surface area (Å²) < 4.78 is 5.89. The van der Waals surface area contributed by atoms with Crippen LogP contribution in [0.4, 0.5) is 0 Å². The lowest BCUT2D eigenvalue weighted by molar-refractivity contribution is 0.0169. The van der Waals surface area contributed by atoms with Crippen molar-refractivity contribution in [1.82, 2.24) is 0 Å². The highest BCUT2D eigenvalue weighted by Gasteiger charge is 2.13.